The normalized spacial score (nSPS) is 17.3. The number of hydrogen-bond acceptors (Lipinski definition) is 3. The number of nitrogens with two attached hydrogens (primary N) is 1. The first-order chi connectivity index (χ1) is 9.86. The molecular formula is C14H17ClN2O3S. The van der Waals surface area contributed by atoms with Gasteiger partial charge in [-0.2, -0.15) is 0 Å². The fraction of sp³-hybridized carbons (Fsp3) is 0.357. The molecule has 1 amide bonds. The molecule has 1 aliphatic heterocycles. The average molecular weight is 329 g/mol. The predicted octanol–water partition coefficient (Wildman–Crippen LogP) is 1.63. The number of carbonyl (C=O) groups excluding carboxylic acids is 1. The fourth-order valence-electron chi connectivity index (χ4n) is 2.25. The number of nitrogens with zero attached hydrogens (tertiary/aromatic N) is 1. The van der Waals surface area contributed by atoms with Crippen LogP contribution >= 0.6 is 11.6 Å². The Bertz CT molecular complexity index is 633. The van der Waals surface area contributed by atoms with Crippen LogP contribution in [0.15, 0.2) is 30.3 Å². The highest BCUT2D eigenvalue weighted by Gasteiger charge is 2.28. The molecule has 1 saturated heterocycles. The molecule has 1 aliphatic rings. The molecule has 0 bridgehead atoms. The molecule has 0 atom stereocenters. The van der Waals surface area contributed by atoms with Gasteiger partial charge >= 0.3 is 0 Å². The van der Waals surface area contributed by atoms with Crippen molar-refractivity contribution in [2.24, 2.45) is 5.14 Å². The number of primary sulfonamides is 1. The minimum Gasteiger partial charge on any atom is -0.339 e. The lowest BCUT2D eigenvalue weighted by molar-refractivity contribution is -0.126. The second-order valence-corrected chi connectivity index (χ2v) is 7.28. The van der Waals surface area contributed by atoms with Gasteiger partial charge in [-0.3, -0.25) is 4.79 Å². The molecule has 0 aliphatic carbocycles. The summed E-state index contributed by atoms with van der Waals surface area (Å²) in [6, 6.07) is 7.14. The molecule has 2 rings (SSSR count). The number of sulfonamides is 1. The first-order valence-corrected chi connectivity index (χ1v) is 8.59. The highest BCUT2D eigenvalue weighted by Crippen LogP contribution is 2.16. The fourth-order valence-corrected chi connectivity index (χ4v) is 3.25. The van der Waals surface area contributed by atoms with Gasteiger partial charge in [0.2, 0.25) is 15.9 Å². The van der Waals surface area contributed by atoms with Crippen LogP contribution in [0.4, 0.5) is 0 Å². The summed E-state index contributed by atoms with van der Waals surface area (Å²) in [6.07, 6.45) is 3.98. The first kappa shape index (κ1) is 16.0. The van der Waals surface area contributed by atoms with E-state index in [-0.39, 0.29) is 5.91 Å². The second kappa shape index (κ2) is 6.60. The summed E-state index contributed by atoms with van der Waals surface area (Å²) < 4.78 is 22.5. The van der Waals surface area contributed by atoms with Crippen molar-refractivity contribution in [3.63, 3.8) is 0 Å². The van der Waals surface area contributed by atoms with Crippen LogP contribution in [-0.4, -0.2) is 37.6 Å². The highest BCUT2D eigenvalue weighted by molar-refractivity contribution is 7.89. The molecule has 1 aromatic carbocycles. The van der Waals surface area contributed by atoms with Crippen LogP contribution in [0.3, 0.4) is 0 Å². The van der Waals surface area contributed by atoms with E-state index < -0.39 is 15.3 Å². The SMILES string of the molecule is NS(=O)(=O)C1CCN(C(=O)/C=C/c2ccc(Cl)cc2)CC1. The summed E-state index contributed by atoms with van der Waals surface area (Å²) in [5.74, 6) is -0.127. The number of piperidine rings is 1. The van der Waals surface area contributed by atoms with Gasteiger partial charge in [0.25, 0.3) is 0 Å². The standard InChI is InChI=1S/C14H17ClN2O3S/c15-12-4-1-11(2-5-12)3-6-14(18)17-9-7-13(8-10-17)21(16,19)20/h1-6,13H,7-10H2,(H2,16,19,20)/b6-3+. The van der Waals surface area contributed by atoms with E-state index in [9.17, 15) is 13.2 Å². The maximum atomic E-state index is 12.0. The third-order valence-electron chi connectivity index (χ3n) is 3.51. The topological polar surface area (TPSA) is 80.5 Å². The molecule has 0 saturated carbocycles. The van der Waals surface area contributed by atoms with Gasteiger partial charge in [0.1, 0.15) is 0 Å². The van der Waals surface area contributed by atoms with E-state index >= 15 is 0 Å². The molecule has 0 spiro atoms. The summed E-state index contributed by atoms with van der Waals surface area (Å²) >= 11 is 5.79. The van der Waals surface area contributed by atoms with Gasteiger partial charge in [-0.15, -0.1) is 0 Å². The maximum absolute atomic E-state index is 12.0. The Kier molecular flexibility index (Phi) is 5.03. The van der Waals surface area contributed by atoms with E-state index in [0.29, 0.717) is 31.0 Å². The molecule has 0 unspecified atom stereocenters. The van der Waals surface area contributed by atoms with Gasteiger partial charge in [-0.1, -0.05) is 23.7 Å². The summed E-state index contributed by atoms with van der Waals surface area (Å²) in [7, 11) is -3.50. The van der Waals surface area contributed by atoms with Gasteiger partial charge in [-0.05, 0) is 36.6 Å². The number of likely N-dealkylation sites (tertiary alicyclic amines) is 1. The van der Waals surface area contributed by atoms with Gasteiger partial charge in [0.15, 0.2) is 0 Å². The highest BCUT2D eigenvalue weighted by atomic mass is 35.5. The molecule has 5 nitrogen and oxygen atoms in total. The Morgan fingerprint density at radius 3 is 2.33 bits per heavy atom. The number of halogens is 1. The van der Waals surface area contributed by atoms with E-state index in [1.807, 2.05) is 12.1 Å². The van der Waals surface area contributed by atoms with Crippen LogP contribution in [0.25, 0.3) is 6.08 Å². The van der Waals surface area contributed by atoms with Crippen molar-refractivity contribution in [2.75, 3.05) is 13.1 Å². The van der Waals surface area contributed by atoms with E-state index in [1.54, 1.807) is 23.1 Å². The van der Waals surface area contributed by atoms with E-state index in [0.717, 1.165) is 5.56 Å². The number of hydrogen-bond donors (Lipinski definition) is 1. The Morgan fingerprint density at radius 2 is 1.81 bits per heavy atom. The second-order valence-electron chi connectivity index (χ2n) is 5.00. The van der Waals surface area contributed by atoms with Crippen LogP contribution in [0, 0.1) is 0 Å². The monoisotopic (exact) mass is 328 g/mol. The number of carbonyl (C=O) groups is 1. The Balaban J connectivity index is 1.92. The quantitative estimate of drug-likeness (QED) is 0.856. The molecule has 1 fully saturated rings. The zero-order valence-corrected chi connectivity index (χ0v) is 13.0. The first-order valence-electron chi connectivity index (χ1n) is 6.60. The minimum atomic E-state index is -3.50. The van der Waals surface area contributed by atoms with Crippen molar-refractivity contribution in [1.82, 2.24) is 4.90 Å². The van der Waals surface area contributed by atoms with Crippen LogP contribution in [0.5, 0.6) is 0 Å². The largest absolute Gasteiger partial charge is 0.339 e. The molecular weight excluding hydrogens is 312 g/mol. The molecule has 21 heavy (non-hydrogen) atoms. The molecule has 1 aromatic rings. The van der Waals surface area contributed by atoms with Crippen molar-refractivity contribution in [3.05, 3.63) is 40.9 Å². The van der Waals surface area contributed by atoms with Gasteiger partial charge in [-0.25, -0.2) is 13.6 Å². The molecule has 0 radical (unpaired) electrons. The zero-order chi connectivity index (χ0) is 15.5. The Morgan fingerprint density at radius 1 is 1.24 bits per heavy atom. The summed E-state index contributed by atoms with van der Waals surface area (Å²) in [5.41, 5.74) is 0.882. The van der Waals surface area contributed by atoms with Crippen LogP contribution < -0.4 is 5.14 Å². The zero-order valence-electron chi connectivity index (χ0n) is 11.4. The van der Waals surface area contributed by atoms with Crippen molar-refractivity contribution in [3.8, 4) is 0 Å². The van der Waals surface area contributed by atoms with Gasteiger partial charge < -0.3 is 4.90 Å². The summed E-state index contributed by atoms with van der Waals surface area (Å²) in [6.45, 7) is 0.815. The summed E-state index contributed by atoms with van der Waals surface area (Å²) in [5, 5.41) is 5.22. The van der Waals surface area contributed by atoms with Gasteiger partial charge in [0, 0.05) is 24.2 Å². The lowest BCUT2D eigenvalue weighted by Crippen LogP contribution is -2.43. The molecule has 114 valence electrons. The maximum Gasteiger partial charge on any atom is 0.246 e. The molecule has 1 heterocycles. The van der Waals surface area contributed by atoms with Gasteiger partial charge in [0.05, 0.1) is 5.25 Å². The van der Waals surface area contributed by atoms with Crippen molar-refractivity contribution in [1.29, 1.82) is 0 Å². The van der Waals surface area contributed by atoms with Crippen molar-refractivity contribution in [2.45, 2.75) is 18.1 Å². The van der Waals surface area contributed by atoms with Crippen molar-refractivity contribution >= 4 is 33.6 Å². The lowest BCUT2D eigenvalue weighted by atomic mass is 10.1. The van der Waals surface area contributed by atoms with E-state index in [4.69, 9.17) is 16.7 Å². The number of amides is 1. The summed E-state index contributed by atoms with van der Waals surface area (Å²) in [4.78, 5) is 13.7. The van der Waals surface area contributed by atoms with Crippen LogP contribution in [-0.2, 0) is 14.8 Å². The van der Waals surface area contributed by atoms with Crippen LogP contribution in [0.1, 0.15) is 18.4 Å². The third kappa shape index (κ3) is 4.56. The number of benzene rings is 1. The van der Waals surface area contributed by atoms with Crippen molar-refractivity contribution < 1.29 is 13.2 Å². The number of rotatable bonds is 3. The van der Waals surface area contributed by atoms with E-state index in [1.165, 1.54) is 6.08 Å². The van der Waals surface area contributed by atoms with E-state index in [2.05, 4.69) is 0 Å². The molecule has 0 aromatic heterocycles. The molecule has 7 heteroatoms. The molecule has 2 N–H and O–H groups in total. The average Bonchev–Trinajstić information content (AvgIpc) is 2.45. The lowest BCUT2D eigenvalue weighted by Gasteiger charge is -2.30. The Hall–Kier alpha value is -1.37. The minimum absolute atomic E-state index is 0.127. The third-order valence-corrected chi connectivity index (χ3v) is 5.16. The Labute approximate surface area is 129 Å². The van der Waals surface area contributed by atoms with Crippen LogP contribution in [0.2, 0.25) is 5.02 Å². The predicted molar refractivity (Wildman–Crippen MR) is 83.2 cm³/mol. The smallest absolute Gasteiger partial charge is 0.246 e.